The number of unbranched alkanes of at least 4 members (excludes halogenated alkanes) is 17. The number of hydrogen-bond donors (Lipinski definition) is 1. The molecule has 0 atom stereocenters. The monoisotopic (exact) mass is 454 g/mol. The number of carbonyl (C=O) groups is 2. The molecule has 1 N–H and O–H groups in total. The number of hydrogen-bond acceptors (Lipinski definition) is 3. The summed E-state index contributed by atoms with van der Waals surface area (Å²) in [6.45, 7) is 6.56. The van der Waals surface area contributed by atoms with Crippen LogP contribution in [0.5, 0.6) is 0 Å². The zero-order valence-electron chi connectivity index (χ0n) is 21.7. The van der Waals surface area contributed by atoms with E-state index in [9.17, 15) is 9.59 Å². The van der Waals surface area contributed by atoms with Crippen molar-refractivity contribution in [3.63, 3.8) is 0 Å². The fraction of sp³-hybridized carbons (Fsp3) is 0.857. The van der Waals surface area contributed by atoms with Gasteiger partial charge in [0.05, 0.1) is 13.0 Å². The summed E-state index contributed by atoms with van der Waals surface area (Å²) in [4.78, 5) is 20.7. The lowest BCUT2D eigenvalue weighted by molar-refractivity contribution is -0.141. The van der Waals surface area contributed by atoms with Crippen LogP contribution in [-0.4, -0.2) is 23.7 Å². The molecule has 0 amide bonds. The third-order valence-electron chi connectivity index (χ3n) is 5.49. The molecule has 0 aromatic carbocycles. The zero-order valence-corrected chi connectivity index (χ0v) is 21.7. The van der Waals surface area contributed by atoms with Crippen molar-refractivity contribution in [1.29, 1.82) is 0 Å². The fourth-order valence-corrected chi connectivity index (χ4v) is 3.50. The number of aliphatic carboxylic acids is 1. The minimum absolute atomic E-state index is 0.157. The maximum absolute atomic E-state index is 10.5. The normalized spacial score (nSPS) is 10.7. The van der Waals surface area contributed by atoms with Crippen LogP contribution in [0.15, 0.2) is 12.2 Å². The summed E-state index contributed by atoms with van der Waals surface area (Å²) in [6.07, 6.45) is 28.7. The predicted octanol–water partition coefficient (Wildman–Crippen LogP) is 9.02. The fourth-order valence-electron chi connectivity index (χ4n) is 3.50. The summed E-state index contributed by atoms with van der Waals surface area (Å²) in [5, 5.41) is 8.41. The van der Waals surface area contributed by atoms with Gasteiger partial charge in [-0.2, -0.15) is 0 Å². The quantitative estimate of drug-likeness (QED) is 0.101. The maximum Gasteiger partial charge on any atom is 0.307 e. The van der Waals surface area contributed by atoms with E-state index in [-0.39, 0.29) is 12.4 Å². The number of ether oxygens (including phenoxy) is 1. The second-order valence-corrected chi connectivity index (χ2v) is 8.85. The van der Waals surface area contributed by atoms with E-state index in [1.807, 2.05) is 6.08 Å². The van der Waals surface area contributed by atoms with Crippen LogP contribution in [0.25, 0.3) is 0 Å². The first-order valence-corrected chi connectivity index (χ1v) is 13.5. The summed E-state index contributed by atoms with van der Waals surface area (Å²) in [5.41, 5.74) is 0. The van der Waals surface area contributed by atoms with Gasteiger partial charge in [-0.25, -0.2) is 0 Å². The molecule has 4 heteroatoms. The van der Waals surface area contributed by atoms with Crippen LogP contribution in [0.2, 0.25) is 0 Å². The predicted molar refractivity (Wildman–Crippen MR) is 137 cm³/mol. The molecule has 0 spiro atoms. The lowest BCUT2D eigenvalue weighted by Gasteiger charge is -2.02. The maximum atomic E-state index is 10.5. The molecular formula is C28H54O4. The zero-order chi connectivity index (χ0) is 24.1. The molecule has 4 nitrogen and oxygen atoms in total. The standard InChI is InChI=1S/C14H28O2.C14H26O2/c1-3-4-5-6-7-8-9-10-11-12-13-16-14(2)15;1-2-3-4-5-6-7-8-9-10-11-12-13-14(15)16/h3-13H2,1-2H3;11-12H,2-10,13H2,1H3,(H,15,16). The van der Waals surface area contributed by atoms with Gasteiger partial charge in [0.2, 0.25) is 0 Å². The first kappa shape index (κ1) is 32.9. The SMILES string of the molecule is CCCCCCCCCCC=CCC(=O)O.CCCCCCCCCCCCOC(C)=O. The summed E-state index contributed by atoms with van der Waals surface area (Å²) in [5.74, 6) is -0.900. The van der Waals surface area contributed by atoms with Gasteiger partial charge in [-0.05, 0) is 19.3 Å². The molecule has 0 aliphatic carbocycles. The van der Waals surface area contributed by atoms with E-state index in [0.29, 0.717) is 6.61 Å². The van der Waals surface area contributed by atoms with Crippen molar-refractivity contribution in [2.75, 3.05) is 6.61 Å². The van der Waals surface area contributed by atoms with Gasteiger partial charge in [0.25, 0.3) is 0 Å². The lowest BCUT2D eigenvalue weighted by Crippen LogP contribution is -2.00. The molecule has 0 aliphatic rings. The lowest BCUT2D eigenvalue weighted by atomic mass is 10.1. The molecule has 0 fully saturated rings. The summed E-state index contributed by atoms with van der Waals surface area (Å²) < 4.78 is 4.87. The van der Waals surface area contributed by atoms with E-state index in [0.717, 1.165) is 12.8 Å². The Morgan fingerprint density at radius 1 is 0.625 bits per heavy atom. The molecular weight excluding hydrogens is 400 g/mol. The molecule has 0 saturated heterocycles. The van der Waals surface area contributed by atoms with Crippen LogP contribution in [0.4, 0.5) is 0 Å². The summed E-state index contributed by atoms with van der Waals surface area (Å²) in [7, 11) is 0. The second kappa shape index (κ2) is 29.7. The molecule has 32 heavy (non-hydrogen) atoms. The molecule has 0 heterocycles. The minimum atomic E-state index is -0.743. The van der Waals surface area contributed by atoms with Crippen LogP contribution in [-0.2, 0) is 14.3 Å². The van der Waals surface area contributed by atoms with Crippen molar-refractivity contribution in [3.05, 3.63) is 12.2 Å². The Kier molecular flexibility index (Phi) is 30.5. The van der Waals surface area contributed by atoms with Crippen molar-refractivity contribution in [2.45, 2.75) is 149 Å². The van der Waals surface area contributed by atoms with Gasteiger partial charge in [-0.15, -0.1) is 0 Å². The van der Waals surface area contributed by atoms with Crippen LogP contribution in [0.3, 0.4) is 0 Å². The van der Waals surface area contributed by atoms with E-state index in [1.54, 1.807) is 6.08 Å². The Labute approximate surface area is 199 Å². The molecule has 0 unspecified atom stereocenters. The molecule has 0 radical (unpaired) electrons. The van der Waals surface area contributed by atoms with Crippen molar-refractivity contribution < 1.29 is 19.4 Å². The average molecular weight is 455 g/mol. The Morgan fingerprint density at radius 3 is 1.44 bits per heavy atom. The molecule has 0 saturated carbocycles. The Hall–Kier alpha value is -1.32. The van der Waals surface area contributed by atoms with E-state index < -0.39 is 5.97 Å². The van der Waals surface area contributed by atoms with E-state index in [1.165, 1.54) is 116 Å². The number of carboxylic acids is 1. The van der Waals surface area contributed by atoms with Gasteiger partial charge < -0.3 is 9.84 Å². The van der Waals surface area contributed by atoms with Gasteiger partial charge in [-0.1, -0.05) is 129 Å². The smallest absolute Gasteiger partial charge is 0.307 e. The highest BCUT2D eigenvalue weighted by molar-refractivity contribution is 5.68. The van der Waals surface area contributed by atoms with Crippen molar-refractivity contribution in [3.8, 4) is 0 Å². The molecule has 190 valence electrons. The number of carboxylic acid groups (broad SMARTS) is 1. The summed E-state index contributed by atoms with van der Waals surface area (Å²) in [6, 6.07) is 0. The third kappa shape index (κ3) is 36.1. The second-order valence-electron chi connectivity index (χ2n) is 8.85. The summed E-state index contributed by atoms with van der Waals surface area (Å²) >= 11 is 0. The molecule has 0 bridgehead atoms. The highest BCUT2D eigenvalue weighted by Crippen LogP contribution is 2.11. The first-order valence-electron chi connectivity index (χ1n) is 13.5. The van der Waals surface area contributed by atoms with Gasteiger partial charge in [0.15, 0.2) is 0 Å². The highest BCUT2D eigenvalue weighted by Gasteiger charge is 1.95. The van der Waals surface area contributed by atoms with Crippen molar-refractivity contribution >= 4 is 11.9 Å². The van der Waals surface area contributed by atoms with E-state index in [4.69, 9.17) is 9.84 Å². The van der Waals surface area contributed by atoms with Gasteiger partial charge in [0.1, 0.15) is 0 Å². The molecule has 0 rings (SSSR count). The first-order chi connectivity index (χ1) is 15.5. The van der Waals surface area contributed by atoms with Crippen LogP contribution in [0, 0.1) is 0 Å². The Balaban J connectivity index is 0. The molecule has 0 aliphatic heterocycles. The van der Waals surface area contributed by atoms with Crippen LogP contribution >= 0.6 is 0 Å². The van der Waals surface area contributed by atoms with Gasteiger partial charge in [-0.3, -0.25) is 9.59 Å². The van der Waals surface area contributed by atoms with Crippen LogP contribution in [0.1, 0.15) is 149 Å². The third-order valence-corrected chi connectivity index (χ3v) is 5.49. The topological polar surface area (TPSA) is 63.6 Å². The van der Waals surface area contributed by atoms with Crippen molar-refractivity contribution in [2.24, 2.45) is 0 Å². The number of allylic oxidation sites excluding steroid dienone is 1. The Bertz CT molecular complexity index is 418. The number of rotatable bonds is 22. The number of carbonyl (C=O) groups excluding carboxylic acids is 1. The average Bonchev–Trinajstić information content (AvgIpc) is 2.76. The van der Waals surface area contributed by atoms with Gasteiger partial charge in [0, 0.05) is 6.92 Å². The molecule has 0 aromatic heterocycles. The Morgan fingerprint density at radius 2 is 1.03 bits per heavy atom. The van der Waals surface area contributed by atoms with Crippen molar-refractivity contribution in [1.82, 2.24) is 0 Å². The largest absolute Gasteiger partial charge is 0.481 e. The highest BCUT2D eigenvalue weighted by atomic mass is 16.5. The minimum Gasteiger partial charge on any atom is -0.481 e. The van der Waals surface area contributed by atoms with Crippen LogP contribution < -0.4 is 0 Å². The van der Waals surface area contributed by atoms with E-state index >= 15 is 0 Å². The molecule has 0 aromatic rings. The van der Waals surface area contributed by atoms with Gasteiger partial charge >= 0.3 is 11.9 Å². The number of esters is 1. The van der Waals surface area contributed by atoms with E-state index in [2.05, 4.69) is 13.8 Å².